The third-order valence-electron chi connectivity index (χ3n) is 4.50. The van der Waals surface area contributed by atoms with Gasteiger partial charge in [0.25, 0.3) is 0 Å². The van der Waals surface area contributed by atoms with E-state index in [9.17, 15) is 14.0 Å². The fourth-order valence-corrected chi connectivity index (χ4v) is 3.60. The van der Waals surface area contributed by atoms with Gasteiger partial charge in [-0.2, -0.15) is 9.36 Å². The molecule has 0 bridgehead atoms. The molecule has 9 heteroatoms. The number of halogens is 1. The standard InChI is InChI=1S/C23H17FN4O3S/c1-31-19-10-6-5-9-16(19)20(29)17-13-15(24)11-12-18(17)25-22(30)27-23-26-21(28-32-23)14-7-3-2-4-8-14/h2-13H,1H3,(H2,25,26,27,28,30). The predicted molar refractivity (Wildman–Crippen MR) is 121 cm³/mol. The molecule has 4 aromatic rings. The normalized spacial score (nSPS) is 10.4. The maximum absolute atomic E-state index is 13.9. The van der Waals surface area contributed by atoms with Gasteiger partial charge in [0.15, 0.2) is 11.6 Å². The average molecular weight is 448 g/mol. The third kappa shape index (κ3) is 4.62. The molecule has 0 aliphatic rings. The molecule has 0 saturated heterocycles. The van der Waals surface area contributed by atoms with Crippen molar-refractivity contribution >= 4 is 34.2 Å². The van der Waals surface area contributed by atoms with Crippen molar-refractivity contribution in [2.45, 2.75) is 0 Å². The van der Waals surface area contributed by atoms with E-state index in [0.717, 1.165) is 29.2 Å². The molecule has 7 nitrogen and oxygen atoms in total. The minimum atomic E-state index is -0.638. The largest absolute Gasteiger partial charge is 0.496 e. The number of nitrogens with zero attached hydrogens (tertiary/aromatic N) is 2. The van der Waals surface area contributed by atoms with Gasteiger partial charge in [0.1, 0.15) is 11.6 Å². The number of nitrogens with one attached hydrogen (secondary N) is 2. The van der Waals surface area contributed by atoms with Crippen molar-refractivity contribution in [2.75, 3.05) is 17.7 Å². The summed E-state index contributed by atoms with van der Waals surface area (Å²) in [4.78, 5) is 29.9. The number of ketones is 1. The van der Waals surface area contributed by atoms with Crippen molar-refractivity contribution < 1.29 is 18.7 Å². The van der Waals surface area contributed by atoms with Gasteiger partial charge in [-0.25, -0.2) is 9.18 Å². The van der Waals surface area contributed by atoms with Crippen LogP contribution in [0.2, 0.25) is 0 Å². The van der Waals surface area contributed by atoms with Crippen molar-refractivity contribution in [3.8, 4) is 17.1 Å². The van der Waals surface area contributed by atoms with Crippen LogP contribution in [0.5, 0.6) is 5.75 Å². The van der Waals surface area contributed by atoms with Crippen LogP contribution in [-0.4, -0.2) is 28.3 Å². The Morgan fingerprint density at radius 3 is 2.47 bits per heavy atom. The van der Waals surface area contributed by atoms with Crippen LogP contribution in [0.3, 0.4) is 0 Å². The van der Waals surface area contributed by atoms with Crippen LogP contribution in [0.4, 0.5) is 20.0 Å². The van der Waals surface area contributed by atoms with Crippen LogP contribution in [-0.2, 0) is 0 Å². The summed E-state index contributed by atoms with van der Waals surface area (Å²) in [6.07, 6.45) is 0. The van der Waals surface area contributed by atoms with Crippen LogP contribution in [0, 0.1) is 5.82 Å². The lowest BCUT2D eigenvalue weighted by Crippen LogP contribution is -2.21. The van der Waals surface area contributed by atoms with Gasteiger partial charge in [-0.3, -0.25) is 10.1 Å². The molecule has 2 N–H and O–H groups in total. The molecule has 1 aromatic heterocycles. The van der Waals surface area contributed by atoms with E-state index in [0.29, 0.717) is 11.6 Å². The number of urea groups is 1. The Hall–Kier alpha value is -4.11. The molecule has 0 aliphatic heterocycles. The van der Waals surface area contributed by atoms with E-state index in [4.69, 9.17) is 4.74 Å². The highest BCUT2D eigenvalue weighted by Gasteiger charge is 2.20. The van der Waals surface area contributed by atoms with Crippen LogP contribution in [0.15, 0.2) is 72.8 Å². The first kappa shape index (κ1) is 21.1. The number of amides is 2. The van der Waals surface area contributed by atoms with E-state index in [1.807, 2.05) is 30.3 Å². The summed E-state index contributed by atoms with van der Waals surface area (Å²) in [6.45, 7) is 0. The number of carbonyl (C=O) groups is 2. The van der Waals surface area contributed by atoms with Crippen LogP contribution in [0.1, 0.15) is 15.9 Å². The van der Waals surface area contributed by atoms with E-state index < -0.39 is 17.6 Å². The molecule has 0 radical (unpaired) electrons. The monoisotopic (exact) mass is 448 g/mol. The van der Waals surface area contributed by atoms with Crippen LogP contribution < -0.4 is 15.4 Å². The SMILES string of the molecule is COc1ccccc1C(=O)c1cc(F)ccc1NC(=O)Nc1nc(-c2ccccc2)ns1. The number of carbonyl (C=O) groups excluding carboxylic acids is 2. The zero-order chi connectivity index (χ0) is 22.5. The summed E-state index contributed by atoms with van der Waals surface area (Å²) in [5.74, 6) is -0.260. The van der Waals surface area contributed by atoms with Crippen molar-refractivity contribution in [3.05, 3.63) is 89.7 Å². The highest BCUT2D eigenvalue weighted by molar-refractivity contribution is 7.10. The number of aromatic nitrogens is 2. The van der Waals surface area contributed by atoms with Gasteiger partial charge in [0, 0.05) is 22.7 Å². The predicted octanol–water partition coefficient (Wildman–Crippen LogP) is 5.23. The second-order valence-electron chi connectivity index (χ2n) is 6.59. The summed E-state index contributed by atoms with van der Waals surface area (Å²) in [5, 5.41) is 5.45. The molecule has 0 atom stereocenters. The van der Waals surface area contributed by atoms with Gasteiger partial charge in [-0.05, 0) is 30.3 Å². The maximum atomic E-state index is 13.9. The Morgan fingerprint density at radius 2 is 1.69 bits per heavy atom. The molecule has 0 unspecified atom stereocenters. The van der Waals surface area contributed by atoms with Gasteiger partial charge < -0.3 is 10.1 Å². The molecule has 0 spiro atoms. The Kier molecular flexibility index (Phi) is 6.18. The van der Waals surface area contributed by atoms with Crippen molar-refractivity contribution in [1.29, 1.82) is 0 Å². The molecule has 0 saturated carbocycles. The number of anilines is 2. The number of hydrogen-bond acceptors (Lipinski definition) is 6. The van der Waals surface area contributed by atoms with Gasteiger partial charge in [0.05, 0.1) is 18.4 Å². The second kappa shape index (κ2) is 9.36. The molecule has 4 rings (SSSR count). The maximum Gasteiger partial charge on any atom is 0.325 e. The number of hydrogen-bond donors (Lipinski definition) is 2. The van der Waals surface area contributed by atoms with Gasteiger partial charge in [0.2, 0.25) is 5.13 Å². The zero-order valence-electron chi connectivity index (χ0n) is 16.8. The smallest absolute Gasteiger partial charge is 0.325 e. The van der Waals surface area contributed by atoms with Crippen molar-refractivity contribution in [2.24, 2.45) is 0 Å². The lowest BCUT2D eigenvalue weighted by molar-refractivity contribution is 0.103. The minimum absolute atomic E-state index is 0.00751. The number of benzene rings is 3. The fraction of sp³-hybridized carbons (Fsp3) is 0.0435. The molecule has 1 heterocycles. The number of ether oxygens (including phenoxy) is 1. The first-order valence-corrected chi connectivity index (χ1v) is 10.3. The summed E-state index contributed by atoms with van der Waals surface area (Å²) < 4.78 is 23.4. The number of para-hydroxylation sites is 1. The molecular weight excluding hydrogens is 431 g/mol. The summed E-state index contributed by atoms with van der Waals surface area (Å²) in [6, 6.07) is 18.9. The molecule has 160 valence electrons. The van der Waals surface area contributed by atoms with E-state index >= 15 is 0 Å². The Balaban J connectivity index is 1.54. The average Bonchev–Trinajstić information content (AvgIpc) is 3.28. The lowest BCUT2D eigenvalue weighted by Gasteiger charge is -2.12. The quantitative estimate of drug-likeness (QED) is 0.394. The minimum Gasteiger partial charge on any atom is -0.496 e. The number of methoxy groups -OCH3 is 1. The van der Waals surface area contributed by atoms with E-state index in [1.165, 1.54) is 13.2 Å². The van der Waals surface area contributed by atoms with Crippen molar-refractivity contribution in [3.63, 3.8) is 0 Å². The zero-order valence-corrected chi connectivity index (χ0v) is 17.7. The van der Waals surface area contributed by atoms with Crippen molar-refractivity contribution in [1.82, 2.24) is 9.36 Å². The van der Waals surface area contributed by atoms with E-state index in [1.54, 1.807) is 24.3 Å². The summed E-state index contributed by atoms with van der Waals surface area (Å²) >= 11 is 1.02. The summed E-state index contributed by atoms with van der Waals surface area (Å²) in [7, 11) is 1.44. The topological polar surface area (TPSA) is 93.2 Å². The molecule has 0 fully saturated rings. The molecule has 3 aromatic carbocycles. The van der Waals surface area contributed by atoms with Crippen LogP contribution in [0.25, 0.3) is 11.4 Å². The summed E-state index contributed by atoms with van der Waals surface area (Å²) in [5.41, 5.74) is 1.21. The third-order valence-corrected chi connectivity index (χ3v) is 5.14. The molecular formula is C23H17FN4O3S. The second-order valence-corrected chi connectivity index (χ2v) is 7.34. The molecule has 32 heavy (non-hydrogen) atoms. The highest BCUT2D eigenvalue weighted by Crippen LogP contribution is 2.26. The first-order chi connectivity index (χ1) is 15.5. The highest BCUT2D eigenvalue weighted by atomic mass is 32.1. The fourth-order valence-electron chi connectivity index (χ4n) is 3.02. The van der Waals surface area contributed by atoms with Gasteiger partial charge in [-0.1, -0.05) is 42.5 Å². The first-order valence-electron chi connectivity index (χ1n) is 9.49. The Morgan fingerprint density at radius 1 is 0.938 bits per heavy atom. The Labute approximate surface area is 187 Å². The van der Waals surface area contributed by atoms with Gasteiger partial charge >= 0.3 is 6.03 Å². The molecule has 2 amide bonds. The molecule has 0 aliphatic carbocycles. The van der Waals surface area contributed by atoms with E-state index in [2.05, 4.69) is 20.0 Å². The number of rotatable bonds is 6. The van der Waals surface area contributed by atoms with E-state index in [-0.39, 0.29) is 21.9 Å². The van der Waals surface area contributed by atoms with Crippen LogP contribution >= 0.6 is 11.5 Å². The van der Waals surface area contributed by atoms with Gasteiger partial charge in [-0.15, -0.1) is 0 Å². The Bertz CT molecular complexity index is 1280. The lowest BCUT2D eigenvalue weighted by atomic mass is 10.0.